The van der Waals surface area contributed by atoms with Crippen LogP contribution in [0, 0.1) is 0 Å². The van der Waals surface area contributed by atoms with Gasteiger partial charge in [0.25, 0.3) is 11.7 Å². The van der Waals surface area contributed by atoms with Crippen LogP contribution in [-0.4, -0.2) is 39.9 Å². The molecule has 37 heavy (non-hydrogen) atoms. The van der Waals surface area contributed by atoms with Crippen molar-refractivity contribution in [1.82, 2.24) is 9.88 Å². The number of carbonyl (C=O) groups excluding carboxylic acids is 2. The molecule has 3 aromatic rings. The van der Waals surface area contributed by atoms with E-state index in [-0.39, 0.29) is 17.9 Å². The number of aromatic nitrogens is 1. The van der Waals surface area contributed by atoms with Crippen LogP contribution in [0.5, 0.6) is 11.5 Å². The molecule has 4 rings (SSSR count). The lowest BCUT2D eigenvalue weighted by molar-refractivity contribution is -0.140. The highest BCUT2D eigenvalue weighted by Crippen LogP contribution is 2.41. The molecule has 1 saturated heterocycles. The highest BCUT2D eigenvalue weighted by atomic mass is 16.5. The Balaban J connectivity index is 1.73. The Kier molecular flexibility index (Phi) is 8.56. The maximum Gasteiger partial charge on any atom is 0.295 e. The van der Waals surface area contributed by atoms with E-state index in [0.717, 1.165) is 24.8 Å². The first-order chi connectivity index (χ1) is 18.0. The number of rotatable bonds is 11. The molecule has 1 aliphatic rings. The third-order valence-electron chi connectivity index (χ3n) is 6.25. The molecule has 0 spiro atoms. The van der Waals surface area contributed by atoms with Crippen molar-refractivity contribution < 1.29 is 24.2 Å². The van der Waals surface area contributed by atoms with Crippen LogP contribution in [-0.2, 0) is 16.1 Å². The first kappa shape index (κ1) is 25.9. The van der Waals surface area contributed by atoms with Crippen molar-refractivity contribution in [3.8, 4) is 11.5 Å². The molecule has 2 aromatic carbocycles. The van der Waals surface area contributed by atoms with Crippen LogP contribution in [0.1, 0.15) is 55.8 Å². The van der Waals surface area contributed by atoms with Gasteiger partial charge in [-0.2, -0.15) is 0 Å². The van der Waals surface area contributed by atoms with Gasteiger partial charge in [0.2, 0.25) is 0 Å². The van der Waals surface area contributed by atoms with E-state index in [4.69, 9.17) is 9.47 Å². The van der Waals surface area contributed by atoms with Crippen LogP contribution in [0.25, 0.3) is 5.76 Å². The van der Waals surface area contributed by atoms with E-state index in [1.165, 1.54) is 4.90 Å². The zero-order valence-electron chi connectivity index (χ0n) is 21.2. The second-order valence-corrected chi connectivity index (χ2v) is 8.87. The molecule has 0 saturated carbocycles. The second-order valence-electron chi connectivity index (χ2n) is 8.87. The van der Waals surface area contributed by atoms with Crippen molar-refractivity contribution in [3.63, 3.8) is 0 Å². The summed E-state index contributed by atoms with van der Waals surface area (Å²) in [7, 11) is 0. The minimum atomic E-state index is -0.773. The first-order valence-electron chi connectivity index (χ1n) is 12.7. The van der Waals surface area contributed by atoms with Crippen LogP contribution in [0.2, 0.25) is 0 Å². The number of amides is 1. The largest absolute Gasteiger partial charge is 0.507 e. The maximum absolute atomic E-state index is 13.3. The monoisotopic (exact) mass is 500 g/mol. The minimum Gasteiger partial charge on any atom is -0.507 e. The maximum atomic E-state index is 13.3. The van der Waals surface area contributed by atoms with Gasteiger partial charge in [-0.25, -0.2) is 0 Å². The highest BCUT2D eigenvalue weighted by molar-refractivity contribution is 6.46. The molecule has 7 nitrogen and oxygen atoms in total. The van der Waals surface area contributed by atoms with Gasteiger partial charge < -0.3 is 19.5 Å². The van der Waals surface area contributed by atoms with Gasteiger partial charge in [-0.3, -0.25) is 14.6 Å². The fraction of sp³-hybridized carbons (Fsp3) is 0.300. The normalized spacial score (nSPS) is 16.7. The van der Waals surface area contributed by atoms with Gasteiger partial charge in [-0.1, -0.05) is 50.1 Å². The number of aliphatic hydroxyl groups is 1. The summed E-state index contributed by atoms with van der Waals surface area (Å²) in [6, 6.07) is 17.1. The van der Waals surface area contributed by atoms with Crippen molar-refractivity contribution >= 4 is 17.4 Å². The molecule has 1 fully saturated rings. The number of aliphatic hydroxyl groups excluding tert-OH is 1. The predicted molar refractivity (Wildman–Crippen MR) is 141 cm³/mol. The zero-order valence-corrected chi connectivity index (χ0v) is 21.2. The van der Waals surface area contributed by atoms with Crippen molar-refractivity contribution in [2.75, 3.05) is 13.2 Å². The van der Waals surface area contributed by atoms with Gasteiger partial charge in [0.05, 0.1) is 24.8 Å². The standard InChI is InChI=1S/C30H32N2O5/c1-3-5-6-17-37-24-14-12-22(13-15-24)27-26(28(33)23-10-7-11-25(18-23)36-4-2)29(34)30(35)32(27)20-21-9-8-16-31-19-21/h7-16,18-19,27,33H,3-6,17,20H2,1-2H3. The van der Waals surface area contributed by atoms with E-state index in [9.17, 15) is 14.7 Å². The van der Waals surface area contributed by atoms with Crippen LogP contribution >= 0.6 is 0 Å². The number of pyridine rings is 1. The van der Waals surface area contributed by atoms with Crippen LogP contribution < -0.4 is 9.47 Å². The van der Waals surface area contributed by atoms with Gasteiger partial charge in [0.15, 0.2) is 0 Å². The molecule has 1 N–H and O–H groups in total. The van der Waals surface area contributed by atoms with Crippen LogP contribution in [0.15, 0.2) is 78.6 Å². The number of ketones is 1. The van der Waals surface area contributed by atoms with Crippen molar-refractivity contribution in [2.45, 2.75) is 45.7 Å². The van der Waals surface area contributed by atoms with Gasteiger partial charge >= 0.3 is 0 Å². The molecule has 0 radical (unpaired) electrons. The molecule has 1 unspecified atom stereocenters. The third-order valence-corrected chi connectivity index (χ3v) is 6.25. The summed E-state index contributed by atoms with van der Waals surface area (Å²) < 4.78 is 11.4. The van der Waals surface area contributed by atoms with E-state index in [0.29, 0.717) is 35.8 Å². The molecule has 7 heteroatoms. The lowest BCUT2D eigenvalue weighted by Crippen LogP contribution is -2.29. The number of hydrogen-bond donors (Lipinski definition) is 1. The van der Waals surface area contributed by atoms with Crippen molar-refractivity contribution in [1.29, 1.82) is 0 Å². The fourth-order valence-electron chi connectivity index (χ4n) is 4.42. The lowest BCUT2D eigenvalue weighted by Gasteiger charge is -2.25. The molecule has 1 aliphatic heterocycles. The molecule has 1 amide bonds. The Labute approximate surface area is 217 Å². The third kappa shape index (κ3) is 6.00. The Morgan fingerprint density at radius 3 is 2.49 bits per heavy atom. The molecule has 0 aliphatic carbocycles. The summed E-state index contributed by atoms with van der Waals surface area (Å²) in [6.45, 7) is 5.28. The average molecular weight is 501 g/mol. The number of Topliss-reactive ketones (excluding diaryl/α,β-unsaturated/α-hetero) is 1. The van der Waals surface area contributed by atoms with Gasteiger partial charge in [0, 0.05) is 24.5 Å². The van der Waals surface area contributed by atoms with Gasteiger partial charge in [0.1, 0.15) is 17.3 Å². The van der Waals surface area contributed by atoms with Gasteiger partial charge in [-0.15, -0.1) is 0 Å². The summed E-state index contributed by atoms with van der Waals surface area (Å²) >= 11 is 0. The molecule has 2 heterocycles. The van der Waals surface area contributed by atoms with E-state index < -0.39 is 17.7 Å². The first-order valence-corrected chi connectivity index (χ1v) is 12.7. The summed E-state index contributed by atoms with van der Waals surface area (Å²) in [5.74, 6) is -0.353. The number of ether oxygens (including phenoxy) is 2. The Bertz CT molecular complexity index is 1250. The summed E-state index contributed by atoms with van der Waals surface area (Å²) in [5.41, 5.74) is 1.93. The topological polar surface area (TPSA) is 89.0 Å². The quantitative estimate of drug-likeness (QED) is 0.158. The Hall–Kier alpha value is -4.13. The average Bonchev–Trinajstić information content (AvgIpc) is 3.17. The Morgan fingerprint density at radius 2 is 1.78 bits per heavy atom. The summed E-state index contributed by atoms with van der Waals surface area (Å²) in [5, 5.41) is 11.3. The zero-order chi connectivity index (χ0) is 26.2. The van der Waals surface area contributed by atoms with E-state index >= 15 is 0 Å². The molecule has 1 atom stereocenters. The van der Waals surface area contributed by atoms with E-state index in [1.54, 1.807) is 42.7 Å². The number of unbranched alkanes of at least 4 members (excludes halogenated alkanes) is 2. The predicted octanol–water partition coefficient (Wildman–Crippen LogP) is 5.67. The second kappa shape index (κ2) is 12.2. The van der Waals surface area contributed by atoms with Crippen LogP contribution in [0.3, 0.4) is 0 Å². The molecular weight excluding hydrogens is 468 g/mol. The number of benzene rings is 2. The summed E-state index contributed by atoms with van der Waals surface area (Å²) in [4.78, 5) is 32.2. The van der Waals surface area contributed by atoms with Crippen LogP contribution in [0.4, 0.5) is 0 Å². The van der Waals surface area contributed by atoms with Crippen molar-refractivity contribution in [3.05, 3.63) is 95.3 Å². The number of nitrogens with zero attached hydrogens (tertiary/aromatic N) is 2. The summed E-state index contributed by atoms with van der Waals surface area (Å²) in [6.07, 6.45) is 6.51. The number of likely N-dealkylation sites (tertiary alicyclic amines) is 1. The Morgan fingerprint density at radius 1 is 0.973 bits per heavy atom. The molecule has 192 valence electrons. The number of carbonyl (C=O) groups is 2. The minimum absolute atomic E-state index is 0.0409. The van der Waals surface area contributed by atoms with E-state index in [1.807, 2.05) is 37.3 Å². The molecule has 1 aromatic heterocycles. The number of hydrogen-bond acceptors (Lipinski definition) is 6. The highest BCUT2D eigenvalue weighted by Gasteiger charge is 2.46. The fourth-order valence-corrected chi connectivity index (χ4v) is 4.42. The lowest BCUT2D eigenvalue weighted by atomic mass is 9.95. The molecule has 0 bridgehead atoms. The van der Waals surface area contributed by atoms with Gasteiger partial charge in [-0.05, 0) is 54.8 Å². The van der Waals surface area contributed by atoms with E-state index in [2.05, 4.69) is 11.9 Å². The van der Waals surface area contributed by atoms with Crippen molar-refractivity contribution in [2.24, 2.45) is 0 Å². The SMILES string of the molecule is CCCCCOc1ccc(C2C(=C(O)c3cccc(OCC)c3)C(=O)C(=O)N2Cc2cccnc2)cc1. The smallest absolute Gasteiger partial charge is 0.295 e. The molecular formula is C30H32N2O5.